The second-order valence-electron chi connectivity index (χ2n) is 4.96. The number of nitrogens with one attached hydrogen (secondary N) is 2. The van der Waals surface area contributed by atoms with E-state index >= 15 is 0 Å². The van der Waals surface area contributed by atoms with Crippen LogP contribution in [-0.2, 0) is 11.2 Å². The smallest absolute Gasteiger partial charge is 0.223 e. The van der Waals surface area contributed by atoms with Crippen LogP contribution < -0.4 is 10.6 Å². The predicted molar refractivity (Wildman–Crippen MR) is 73.6 cm³/mol. The van der Waals surface area contributed by atoms with Crippen molar-refractivity contribution in [2.24, 2.45) is 11.8 Å². The summed E-state index contributed by atoms with van der Waals surface area (Å²) in [4.78, 5) is 17.7. The van der Waals surface area contributed by atoms with Gasteiger partial charge in [0, 0.05) is 17.0 Å². The third-order valence-corrected chi connectivity index (χ3v) is 4.91. The van der Waals surface area contributed by atoms with Gasteiger partial charge in [0.2, 0.25) is 5.91 Å². The Hall–Kier alpha value is -0.940. The Balaban J connectivity index is 1.89. The molecule has 2 unspecified atom stereocenters. The number of carbonyl (C=O) groups is 1. The molecule has 1 saturated heterocycles. The highest BCUT2D eigenvalue weighted by atomic mass is 32.1. The molecule has 0 aromatic carbocycles. The molecule has 5 heteroatoms. The monoisotopic (exact) mass is 267 g/mol. The van der Waals surface area contributed by atoms with E-state index in [2.05, 4.69) is 22.5 Å². The lowest BCUT2D eigenvalue weighted by molar-refractivity contribution is -0.127. The number of aryl methyl sites for hydroxylation is 1. The van der Waals surface area contributed by atoms with Gasteiger partial charge in [-0.1, -0.05) is 13.8 Å². The Morgan fingerprint density at radius 2 is 2.33 bits per heavy atom. The summed E-state index contributed by atoms with van der Waals surface area (Å²) in [5, 5.41) is 7.27. The average Bonchev–Trinajstić information content (AvgIpc) is 2.74. The van der Waals surface area contributed by atoms with Crippen LogP contribution in [0.4, 0.5) is 0 Å². The third kappa shape index (κ3) is 2.90. The van der Waals surface area contributed by atoms with Gasteiger partial charge in [-0.05, 0) is 32.4 Å². The molecule has 0 spiro atoms. The number of nitrogens with zero attached hydrogens (tertiary/aromatic N) is 1. The average molecular weight is 267 g/mol. The molecule has 1 aromatic heterocycles. The molecule has 0 radical (unpaired) electrons. The van der Waals surface area contributed by atoms with Crippen molar-refractivity contribution in [1.29, 1.82) is 0 Å². The molecule has 0 saturated carbocycles. The molecule has 1 fully saturated rings. The van der Waals surface area contributed by atoms with Crippen molar-refractivity contribution in [3.8, 4) is 0 Å². The minimum atomic E-state index is 0.0123. The Bertz CT molecular complexity index is 414. The Morgan fingerprint density at radius 1 is 1.61 bits per heavy atom. The number of hydrogen-bond donors (Lipinski definition) is 2. The molecule has 4 nitrogen and oxygen atoms in total. The van der Waals surface area contributed by atoms with Crippen LogP contribution in [0.1, 0.15) is 36.7 Å². The molecule has 2 N–H and O–H groups in total. The zero-order valence-electron chi connectivity index (χ0n) is 11.2. The second kappa shape index (κ2) is 5.80. The molecular weight excluding hydrogens is 246 g/mol. The second-order valence-corrected chi connectivity index (χ2v) is 6.10. The third-order valence-electron chi connectivity index (χ3n) is 3.58. The van der Waals surface area contributed by atoms with Crippen molar-refractivity contribution in [2.75, 3.05) is 13.1 Å². The first-order chi connectivity index (χ1) is 8.61. The normalized spacial score (nSPS) is 19.1. The zero-order chi connectivity index (χ0) is 13.1. The molecule has 18 heavy (non-hydrogen) atoms. The maximum Gasteiger partial charge on any atom is 0.223 e. The van der Waals surface area contributed by atoms with Crippen LogP contribution in [0.15, 0.2) is 6.20 Å². The summed E-state index contributed by atoms with van der Waals surface area (Å²) in [5.41, 5.74) is 0. The molecule has 1 aromatic rings. The van der Waals surface area contributed by atoms with E-state index in [1.807, 2.05) is 20.0 Å². The first kappa shape index (κ1) is 13.5. The van der Waals surface area contributed by atoms with Crippen LogP contribution in [0.5, 0.6) is 0 Å². The van der Waals surface area contributed by atoms with Gasteiger partial charge in [0.25, 0.3) is 0 Å². The number of amides is 1. The first-order valence-corrected chi connectivity index (χ1v) is 7.39. The van der Waals surface area contributed by atoms with Crippen LogP contribution in [0, 0.1) is 11.8 Å². The maximum atomic E-state index is 12.1. The van der Waals surface area contributed by atoms with E-state index in [1.54, 1.807) is 11.3 Å². The minimum Gasteiger partial charge on any atom is -0.347 e. The number of rotatable bonds is 5. The van der Waals surface area contributed by atoms with Crippen LogP contribution in [-0.4, -0.2) is 24.0 Å². The van der Waals surface area contributed by atoms with Crippen LogP contribution in [0.2, 0.25) is 0 Å². The van der Waals surface area contributed by atoms with Gasteiger partial charge in [-0.15, -0.1) is 11.3 Å². The highest BCUT2D eigenvalue weighted by molar-refractivity contribution is 7.11. The van der Waals surface area contributed by atoms with E-state index in [4.69, 9.17) is 0 Å². The summed E-state index contributed by atoms with van der Waals surface area (Å²) in [5.74, 6) is 0.709. The van der Waals surface area contributed by atoms with Crippen LogP contribution in [0.25, 0.3) is 0 Å². The lowest BCUT2D eigenvalue weighted by Crippen LogP contribution is -2.49. The Kier molecular flexibility index (Phi) is 4.35. The van der Waals surface area contributed by atoms with Crippen LogP contribution in [0.3, 0.4) is 0 Å². The summed E-state index contributed by atoms with van der Waals surface area (Å²) >= 11 is 1.68. The molecule has 2 atom stereocenters. The fourth-order valence-electron chi connectivity index (χ4n) is 1.97. The molecular formula is C13H21N3OS. The highest BCUT2D eigenvalue weighted by Gasteiger charge is 2.29. The zero-order valence-corrected chi connectivity index (χ0v) is 12.0. The van der Waals surface area contributed by atoms with Crippen molar-refractivity contribution in [3.05, 3.63) is 16.1 Å². The molecule has 0 aliphatic carbocycles. The summed E-state index contributed by atoms with van der Waals surface area (Å²) in [6.07, 6.45) is 2.91. The Labute approximate surface area is 112 Å². The van der Waals surface area contributed by atoms with Gasteiger partial charge in [0.1, 0.15) is 5.01 Å². The highest BCUT2D eigenvalue weighted by Crippen LogP contribution is 2.22. The van der Waals surface area contributed by atoms with Gasteiger partial charge < -0.3 is 10.6 Å². The molecule has 1 aliphatic heterocycles. The molecule has 2 rings (SSSR count). The van der Waals surface area contributed by atoms with E-state index < -0.39 is 0 Å². The van der Waals surface area contributed by atoms with Gasteiger partial charge in [-0.25, -0.2) is 4.98 Å². The topological polar surface area (TPSA) is 54.0 Å². The summed E-state index contributed by atoms with van der Waals surface area (Å²) in [6.45, 7) is 8.04. The van der Waals surface area contributed by atoms with Gasteiger partial charge >= 0.3 is 0 Å². The molecule has 1 aliphatic rings. The van der Waals surface area contributed by atoms with Crippen molar-refractivity contribution in [2.45, 2.75) is 33.2 Å². The Morgan fingerprint density at radius 3 is 2.83 bits per heavy atom. The van der Waals surface area contributed by atoms with Gasteiger partial charge in [-0.3, -0.25) is 4.79 Å². The van der Waals surface area contributed by atoms with Crippen molar-refractivity contribution < 1.29 is 4.79 Å². The van der Waals surface area contributed by atoms with Crippen molar-refractivity contribution in [1.82, 2.24) is 15.6 Å². The lowest BCUT2D eigenvalue weighted by atomic mass is 9.88. The molecule has 100 valence electrons. The van der Waals surface area contributed by atoms with Crippen LogP contribution >= 0.6 is 11.3 Å². The van der Waals surface area contributed by atoms with Gasteiger partial charge in [-0.2, -0.15) is 0 Å². The standard InChI is InChI=1S/C13H21N3OS/c1-4-11-7-15-13(18-11)9(3)16-12(17)8(2)10-5-14-6-10/h7-10,14H,4-6H2,1-3H3,(H,16,17). The van der Waals surface area contributed by atoms with E-state index in [0.717, 1.165) is 24.5 Å². The van der Waals surface area contributed by atoms with E-state index in [9.17, 15) is 4.79 Å². The van der Waals surface area contributed by atoms with E-state index in [1.165, 1.54) is 4.88 Å². The largest absolute Gasteiger partial charge is 0.347 e. The van der Waals surface area contributed by atoms with E-state index in [-0.39, 0.29) is 17.9 Å². The number of carbonyl (C=O) groups excluding carboxylic acids is 1. The van der Waals surface area contributed by atoms with Crippen molar-refractivity contribution in [3.63, 3.8) is 0 Å². The predicted octanol–water partition coefficient (Wildman–Crippen LogP) is 1.74. The summed E-state index contributed by atoms with van der Waals surface area (Å²) in [7, 11) is 0. The minimum absolute atomic E-state index is 0.0123. The quantitative estimate of drug-likeness (QED) is 0.854. The summed E-state index contributed by atoms with van der Waals surface area (Å²) < 4.78 is 0. The number of aromatic nitrogens is 1. The SMILES string of the molecule is CCc1cnc(C(C)NC(=O)C(C)C2CNC2)s1. The molecule has 1 amide bonds. The summed E-state index contributed by atoms with van der Waals surface area (Å²) in [6, 6.07) is 0.0123. The lowest BCUT2D eigenvalue weighted by Gasteiger charge is -2.32. The molecule has 0 bridgehead atoms. The number of hydrogen-bond acceptors (Lipinski definition) is 4. The number of thiazole rings is 1. The maximum absolute atomic E-state index is 12.1. The fraction of sp³-hybridized carbons (Fsp3) is 0.692. The molecule has 2 heterocycles. The van der Waals surface area contributed by atoms with E-state index in [0.29, 0.717) is 5.92 Å². The van der Waals surface area contributed by atoms with Gasteiger partial charge in [0.05, 0.1) is 6.04 Å². The van der Waals surface area contributed by atoms with Crippen molar-refractivity contribution >= 4 is 17.2 Å². The first-order valence-electron chi connectivity index (χ1n) is 6.57. The fourth-order valence-corrected chi connectivity index (χ4v) is 2.83. The van der Waals surface area contributed by atoms with Gasteiger partial charge in [0.15, 0.2) is 0 Å².